The van der Waals surface area contributed by atoms with Gasteiger partial charge < -0.3 is 9.64 Å². The molecule has 0 radical (unpaired) electrons. The van der Waals surface area contributed by atoms with Gasteiger partial charge in [0.1, 0.15) is 11.6 Å². The maximum atomic E-state index is 13.8. The number of ketones is 1. The molecule has 5 heteroatoms. The second-order valence-electron chi connectivity index (χ2n) is 7.78. The summed E-state index contributed by atoms with van der Waals surface area (Å²) in [6, 6.07) is 3.09. The number of rotatable bonds is 6. The fourth-order valence-electron chi connectivity index (χ4n) is 4.19. The quantitative estimate of drug-likeness (QED) is 0.698. The van der Waals surface area contributed by atoms with Crippen LogP contribution in [0, 0.1) is 23.5 Å². The number of hydrogen-bond donors (Lipinski definition) is 0. The summed E-state index contributed by atoms with van der Waals surface area (Å²) in [5, 5.41) is 0. The highest BCUT2D eigenvalue weighted by molar-refractivity contribution is 5.98. The number of halogens is 2. The molecule has 1 aliphatic carbocycles. The summed E-state index contributed by atoms with van der Waals surface area (Å²) < 4.78 is 33.2. The van der Waals surface area contributed by atoms with E-state index in [4.69, 9.17) is 4.74 Å². The third kappa shape index (κ3) is 4.89. The van der Waals surface area contributed by atoms with Crippen LogP contribution in [-0.2, 0) is 4.74 Å². The first-order valence-electron chi connectivity index (χ1n) is 9.88. The number of likely N-dealkylation sites (tertiary alicyclic amines) is 1. The van der Waals surface area contributed by atoms with Gasteiger partial charge in [0.05, 0.1) is 18.3 Å². The Hall–Kier alpha value is -1.33. The lowest BCUT2D eigenvalue weighted by molar-refractivity contribution is -0.0162. The van der Waals surface area contributed by atoms with Crippen LogP contribution in [0.4, 0.5) is 8.78 Å². The third-order valence-electron chi connectivity index (χ3n) is 5.92. The molecule has 2 unspecified atom stereocenters. The molecule has 1 saturated carbocycles. The molecule has 3 rings (SSSR count). The van der Waals surface area contributed by atoms with Gasteiger partial charge in [-0.15, -0.1) is 0 Å². The van der Waals surface area contributed by atoms with Crippen molar-refractivity contribution in [1.29, 1.82) is 0 Å². The molecule has 1 aromatic rings. The summed E-state index contributed by atoms with van der Waals surface area (Å²) in [6.07, 6.45) is 6.77. The third-order valence-corrected chi connectivity index (χ3v) is 5.92. The van der Waals surface area contributed by atoms with Crippen molar-refractivity contribution < 1.29 is 18.3 Å². The molecule has 26 heavy (non-hydrogen) atoms. The van der Waals surface area contributed by atoms with Gasteiger partial charge in [0.15, 0.2) is 5.78 Å². The van der Waals surface area contributed by atoms with E-state index in [-0.39, 0.29) is 17.3 Å². The van der Waals surface area contributed by atoms with Gasteiger partial charge in [-0.3, -0.25) is 4.79 Å². The van der Waals surface area contributed by atoms with Gasteiger partial charge in [-0.05, 0) is 62.9 Å². The van der Waals surface area contributed by atoms with E-state index in [2.05, 4.69) is 11.8 Å². The van der Waals surface area contributed by atoms with Crippen molar-refractivity contribution in [2.24, 2.45) is 11.8 Å². The van der Waals surface area contributed by atoms with E-state index in [0.29, 0.717) is 24.9 Å². The maximum Gasteiger partial charge on any atom is 0.169 e. The standard InChI is InChI=1S/C21H29F2NO2/c1-15-4-2-3-5-20(15)26-13-12-24-10-8-16(9-11-24)21(25)18-14-17(22)6-7-19(18)23/h6-7,14-16,20H,2-5,8-13H2,1H3. The molecule has 144 valence electrons. The van der Waals surface area contributed by atoms with E-state index in [0.717, 1.165) is 50.9 Å². The molecule has 1 aliphatic heterocycles. The average molecular weight is 365 g/mol. The second kappa shape index (κ2) is 9.05. The summed E-state index contributed by atoms with van der Waals surface area (Å²) in [4.78, 5) is 14.8. The minimum atomic E-state index is -0.631. The highest BCUT2D eigenvalue weighted by Crippen LogP contribution is 2.27. The summed E-state index contributed by atoms with van der Waals surface area (Å²) >= 11 is 0. The van der Waals surface area contributed by atoms with Crippen molar-refractivity contribution in [3.63, 3.8) is 0 Å². The van der Waals surface area contributed by atoms with Crippen LogP contribution < -0.4 is 0 Å². The minimum absolute atomic E-state index is 0.113. The zero-order chi connectivity index (χ0) is 18.5. The molecular weight excluding hydrogens is 336 g/mol. The maximum absolute atomic E-state index is 13.8. The number of carbonyl (C=O) groups is 1. The lowest BCUT2D eigenvalue weighted by atomic mass is 9.88. The minimum Gasteiger partial charge on any atom is -0.377 e. The number of piperidine rings is 1. The van der Waals surface area contributed by atoms with Crippen LogP contribution in [0.15, 0.2) is 18.2 Å². The second-order valence-corrected chi connectivity index (χ2v) is 7.78. The van der Waals surface area contributed by atoms with Gasteiger partial charge >= 0.3 is 0 Å². The Kier molecular flexibility index (Phi) is 6.76. The van der Waals surface area contributed by atoms with Gasteiger partial charge in [-0.2, -0.15) is 0 Å². The van der Waals surface area contributed by atoms with Crippen LogP contribution in [0.3, 0.4) is 0 Å². The summed E-state index contributed by atoms with van der Waals surface area (Å²) in [5.74, 6) is -1.04. The monoisotopic (exact) mass is 365 g/mol. The van der Waals surface area contributed by atoms with Crippen molar-refractivity contribution in [2.75, 3.05) is 26.2 Å². The Morgan fingerprint density at radius 1 is 1.15 bits per heavy atom. The number of hydrogen-bond acceptors (Lipinski definition) is 3. The molecule has 0 aromatic heterocycles. The first kappa shape index (κ1) is 19.4. The van der Waals surface area contributed by atoms with Crippen LogP contribution >= 0.6 is 0 Å². The molecule has 1 saturated heterocycles. The molecule has 0 amide bonds. The number of Topliss-reactive ketones (excluding diaryl/α,β-unsaturated/α-hetero) is 1. The molecule has 2 fully saturated rings. The van der Waals surface area contributed by atoms with Crippen LogP contribution in [0.25, 0.3) is 0 Å². The van der Waals surface area contributed by atoms with E-state index < -0.39 is 11.6 Å². The summed E-state index contributed by atoms with van der Waals surface area (Å²) in [7, 11) is 0. The van der Waals surface area contributed by atoms with Crippen molar-refractivity contribution in [2.45, 2.75) is 51.6 Å². The van der Waals surface area contributed by atoms with Crippen LogP contribution in [0.5, 0.6) is 0 Å². The average Bonchev–Trinajstić information content (AvgIpc) is 2.65. The largest absolute Gasteiger partial charge is 0.377 e. The van der Waals surface area contributed by atoms with Gasteiger partial charge in [0.2, 0.25) is 0 Å². The molecule has 1 heterocycles. The number of carbonyl (C=O) groups excluding carboxylic acids is 1. The van der Waals surface area contributed by atoms with Gasteiger partial charge in [-0.1, -0.05) is 19.8 Å². The SMILES string of the molecule is CC1CCCCC1OCCN1CCC(C(=O)c2cc(F)ccc2F)CC1. The van der Waals surface area contributed by atoms with Crippen LogP contribution in [0.1, 0.15) is 55.8 Å². The Balaban J connectivity index is 1.42. The van der Waals surface area contributed by atoms with E-state index in [1.807, 2.05) is 0 Å². The first-order chi connectivity index (χ1) is 12.5. The summed E-state index contributed by atoms with van der Waals surface area (Å²) in [5.41, 5.74) is -0.113. The number of nitrogens with zero attached hydrogens (tertiary/aromatic N) is 1. The zero-order valence-electron chi connectivity index (χ0n) is 15.6. The fourth-order valence-corrected chi connectivity index (χ4v) is 4.19. The van der Waals surface area contributed by atoms with E-state index >= 15 is 0 Å². The van der Waals surface area contributed by atoms with Crippen LogP contribution in [-0.4, -0.2) is 43.0 Å². The predicted octanol–water partition coefficient (Wildman–Crippen LogP) is 4.45. The molecule has 2 atom stereocenters. The Morgan fingerprint density at radius 2 is 1.88 bits per heavy atom. The molecular formula is C21H29F2NO2. The Bertz CT molecular complexity index is 614. The fraction of sp³-hybridized carbons (Fsp3) is 0.667. The van der Waals surface area contributed by atoms with Crippen LogP contribution in [0.2, 0.25) is 0 Å². The van der Waals surface area contributed by atoms with Gasteiger partial charge in [0.25, 0.3) is 0 Å². The van der Waals surface area contributed by atoms with Crippen molar-refractivity contribution in [3.8, 4) is 0 Å². The molecule has 0 bridgehead atoms. The lowest BCUT2D eigenvalue weighted by Crippen LogP contribution is -2.39. The number of benzene rings is 1. The molecule has 2 aliphatic rings. The predicted molar refractivity (Wildman–Crippen MR) is 97.2 cm³/mol. The molecule has 3 nitrogen and oxygen atoms in total. The number of ether oxygens (including phenoxy) is 1. The Morgan fingerprint density at radius 3 is 2.62 bits per heavy atom. The molecule has 1 aromatic carbocycles. The van der Waals surface area contributed by atoms with E-state index in [1.165, 1.54) is 19.3 Å². The topological polar surface area (TPSA) is 29.5 Å². The van der Waals surface area contributed by atoms with Crippen molar-refractivity contribution in [3.05, 3.63) is 35.4 Å². The normalized spacial score (nSPS) is 25.3. The van der Waals surface area contributed by atoms with Gasteiger partial charge in [0, 0.05) is 12.5 Å². The lowest BCUT2D eigenvalue weighted by Gasteiger charge is -2.33. The Labute approximate surface area is 154 Å². The highest BCUT2D eigenvalue weighted by Gasteiger charge is 2.28. The van der Waals surface area contributed by atoms with Crippen molar-refractivity contribution in [1.82, 2.24) is 4.90 Å². The zero-order valence-corrected chi connectivity index (χ0v) is 15.6. The van der Waals surface area contributed by atoms with Crippen molar-refractivity contribution >= 4 is 5.78 Å². The van der Waals surface area contributed by atoms with Gasteiger partial charge in [-0.25, -0.2) is 8.78 Å². The molecule has 0 spiro atoms. The molecule has 0 N–H and O–H groups in total. The smallest absolute Gasteiger partial charge is 0.169 e. The first-order valence-corrected chi connectivity index (χ1v) is 9.88. The van der Waals surface area contributed by atoms with E-state index in [1.54, 1.807) is 0 Å². The van der Waals surface area contributed by atoms with E-state index in [9.17, 15) is 13.6 Å². The highest BCUT2D eigenvalue weighted by atomic mass is 19.1. The summed E-state index contributed by atoms with van der Waals surface area (Å²) in [6.45, 7) is 5.48.